The zero-order valence-corrected chi connectivity index (χ0v) is 15.8. The Kier molecular flexibility index (Phi) is 6.18. The summed E-state index contributed by atoms with van der Waals surface area (Å²) in [6, 6.07) is 5.44. The number of ether oxygens (including phenoxy) is 1. The highest BCUT2D eigenvalue weighted by Crippen LogP contribution is 2.31. The maximum Gasteiger partial charge on any atom is 0.124 e. The predicted molar refractivity (Wildman–Crippen MR) is 101 cm³/mol. The van der Waals surface area contributed by atoms with E-state index in [0.717, 1.165) is 25.4 Å². The molecule has 0 radical (unpaired) electrons. The van der Waals surface area contributed by atoms with Crippen LogP contribution in [0.25, 0.3) is 0 Å². The molecule has 1 aromatic carbocycles. The molecule has 2 aliphatic heterocycles. The Morgan fingerprint density at radius 3 is 2.58 bits per heavy atom. The van der Waals surface area contributed by atoms with Crippen molar-refractivity contribution in [2.24, 2.45) is 0 Å². The molecule has 0 amide bonds. The van der Waals surface area contributed by atoms with E-state index in [1.807, 2.05) is 0 Å². The highest BCUT2D eigenvalue weighted by atomic mass is 16.5. The van der Waals surface area contributed by atoms with Crippen LogP contribution in [-0.4, -0.2) is 42.1 Å². The van der Waals surface area contributed by atoms with Crippen molar-refractivity contribution in [1.82, 2.24) is 9.80 Å². The summed E-state index contributed by atoms with van der Waals surface area (Å²) < 4.78 is 6.02. The number of rotatable bonds is 6. The van der Waals surface area contributed by atoms with Crippen LogP contribution in [0, 0.1) is 0 Å². The predicted octanol–water partition coefficient (Wildman–Crippen LogP) is 4.23. The first-order valence-electron chi connectivity index (χ1n) is 9.95. The lowest BCUT2D eigenvalue weighted by Gasteiger charge is -2.35. The minimum absolute atomic E-state index is 0.651. The van der Waals surface area contributed by atoms with Crippen molar-refractivity contribution in [2.45, 2.75) is 72.0 Å². The Balaban J connectivity index is 1.82. The highest BCUT2D eigenvalue weighted by Gasteiger charge is 2.24. The van der Waals surface area contributed by atoms with Gasteiger partial charge in [0.25, 0.3) is 0 Å². The molecular formula is C21H34N2O. The first-order chi connectivity index (χ1) is 11.7. The molecule has 2 heterocycles. The van der Waals surface area contributed by atoms with Gasteiger partial charge in [0, 0.05) is 24.7 Å². The van der Waals surface area contributed by atoms with Crippen molar-refractivity contribution in [3.05, 3.63) is 28.8 Å². The standard InChI is InChI=1S/C21H34N2O/c1-4-9-23-16-19-14-21(24-5-2)20(13-18(19)12-17(23)3)15-22-10-7-6-8-11-22/h13-14,17H,4-12,15-16H2,1-3H3. The van der Waals surface area contributed by atoms with E-state index < -0.39 is 0 Å². The van der Waals surface area contributed by atoms with E-state index in [2.05, 4.69) is 42.7 Å². The maximum atomic E-state index is 6.02. The molecule has 0 spiro atoms. The van der Waals surface area contributed by atoms with Crippen LogP contribution in [-0.2, 0) is 19.5 Å². The van der Waals surface area contributed by atoms with E-state index in [4.69, 9.17) is 4.74 Å². The van der Waals surface area contributed by atoms with Crippen LogP contribution in [0.2, 0.25) is 0 Å². The van der Waals surface area contributed by atoms with Gasteiger partial charge in [0.05, 0.1) is 6.61 Å². The average molecular weight is 331 g/mol. The molecule has 3 heteroatoms. The van der Waals surface area contributed by atoms with Crippen molar-refractivity contribution in [2.75, 3.05) is 26.2 Å². The molecule has 134 valence electrons. The quantitative estimate of drug-likeness (QED) is 0.776. The maximum absolute atomic E-state index is 6.02. The molecule has 1 aromatic rings. The monoisotopic (exact) mass is 330 g/mol. The van der Waals surface area contributed by atoms with Gasteiger partial charge in [-0.2, -0.15) is 0 Å². The molecular weight excluding hydrogens is 296 g/mol. The molecule has 1 saturated heterocycles. The molecule has 24 heavy (non-hydrogen) atoms. The first kappa shape index (κ1) is 17.8. The van der Waals surface area contributed by atoms with Gasteiger partial charge in [0.15, 0.2) is 0 Å². The fourth-order valence-corrected chi connectivity index (χ4v) is 4.24. The summed E-state index contributed by atoms with van der Waals surface area (Å²) >= 11 is 0. The Hall–Kier alpha value is -1.06. The van der Waals surface area contributed by atoms with Gasteiger partial charge < -0.3 is 4.74 Å². The molecule has 1 unspecified atom stereocenters. The first-order valence-corrected chi connectivity index (χ1v) is 9.95. The summed E-state index contributed by atoms with van der Waals surface area (Å²) in [5.41, 5.74) is 4.42. The topological polar surface area (TPSA) is 15.7 Å². The third kappa shape index (κ3) is 4.12. The van der Waals surface area contributed by atoms with Gasteiger partial charge in [0.1, 0.15) is 5.75 Å². The number of piperidine rings is 1. The summed E-state index contributed by atoms with van der Waals surface area (Å²) in [6.45, 7) is 13.3. The van der Waals surface area contributed by atoms with E-state index in [9.17, 15) is 0 Å². The van der Waals surface area contributed by atoms with E-state index in [1.54, 1.807) is 5.56 Å². The molecule has 0 aliphatic carbocycles. The van der Waals surface area contributed by atoms with Gasteiger partial charge in [-0.05, 0) is 76.4 Å². The zero-order chi connectivity index (χ0) is 16.9. The van der Waals surface area contributed by atoms with Gasteiger partial charge in [0.2, 0.25) is 0 Å². The van der Waals surface area contributed by atoms with Crippen LogP contribution in [0.3, 0.4) is 0 Å². The van der Waals surface area contributed by atoms with Crippen molar-refractivity contribution in [3.8, 4) is 5.75 Å². The summed E-state index contributed by atoms with van der Waals surface area (Å²) in [4.78, 5) is 5.21. The summed E-state index contributed by atoms with van der Waals surface area (Å²) in [7, 11) is 0. The second kappa shape index (κ2) is 8.35. The lowest BCUT2D eigenvalue weighted by Crippen LogP contribution is -2.39. The third-order valence-corrected chi connectivity index (χ3v) is 5.55. The van der Waals surface area contributed by atoms with Crippen molar-refractivity contribution < 1.29 is 4.74 Å². The fourth-order valence-electron chi connectivity index (χ4n) is 4.24. The van der Waals surface area contributed by atoms with Crippen LogP contribution < -0.4 is 4.74 Å². The Morgan fingerprint density at radius 2 is 1.88 bits per heavy atom. The molecule has 1 fully saturated rings. The molecule has 0 aromatic heterocycles. The summed E-state index contributed by atoms with van der Waals surface area (Å²) in [6.07, 6.45) is 6.49. The molecule has 0 N–H and O–H groups in total. The largest absolute Gasteiger partial charge is 0.494 e. The van der Waals surface area contributed by atoms with Crippen molar-refractivity contribution >= 4 is 0 Å². The Labute approximate surface area is 148 Å². The summed E-state index contributed by atoms with van der Waals surface area (Å²) in [5, 5.41) is 0. The average Bonchev–Trinajstić information content (AvgIpc) is 2.58. The molecule has 0 bridgehead atoms. The smallest absolute Gasteiger partial charge is 0.124 e. The van der Waals surface area contributed by atoms with Gasteiger partial charge in [-0.1, -0.05) is 19.4 Å². The molecule has 0 saturated carbocycles. The van der Waals surface area contributed by atoms with Crippen LogP contribution in [0.1, 0.15) is 63.1 Å². The second-order valence-corrected chi connectivity index (χ2v) is 7.52. The zero-order valence-electron chi connectivity index (χ0n) is 15.8. The van der Waals surface area contributed by atoms with Gasteiger partial charge in [-0.25, -0.2) is 0 Å². The molecule has 1 atom stereocenters. The SMILES string of the molecule is CCCN1Cc2cc(OCC)c(CN3CCCCC3)cc2CC1C. The number of likely N-dealkylation sites (tertiary alicyclic amines) is 1. The van der Waals surface area contributed by atoms with E-state index in [0.29, 0.717) is 6.04 Å². The Morgan fingerprint density at radius 1 is 1.08 bits per heavy atom. The summed E-state index contributed by atoms with van der Waals surface area (Å²) in [5.74, 6) is 1.12. The van der Waals surface area contributed by atoms with Crippen LogP contribution in [0.4, 0.5) is 0 Å². The Bertz CT molecular complexity index is 537. The highest BCUT2D eigenvalue weighted by molar-refractivity contribution is 5.44. The van der Waals surface area contributed by atoms with Crippen LogP contribution in [0.15, 0.2) is 12.1 Å². The lowest BCUT2D eigenvalue weighted by atomic mass is 9.92. The molecule has 3 nitrogen and oxygen atoms in total. The number of nitrogens with zero attached hydrogens (tertiary/aromatic N) is 2. The van der Waals surface area contributed by atoms with Gasteiger partial charge in [-0.3, -0.25) is 9.80 Å². The second-order valence-electron chi connectivity index (χ2n) is 7.52. The minimum atomic E-state index is 0.651. The van der Waals surface area contributed by atoms with E-state index >= 15 is 0 Å². The molecule has 2 aliphatic rings. The lowest BCUT2D eigenvalue weighted by molar-refractivity contribution is 0.183. The number of hydrogen-bond acceptors (Lipinski definition) is 3. The third-order valence-electron chi connectivity index (χ3n) is 5.55. The normalized spacial score (nSPS) is 22.4. The van der Waals surface area contributed by atoms with Gasteiger partial charge >= 0.3 is 0 Å². The number of benzene rings is 1. The molecule has 3 rings (SSSR count). The van der Waals surface area contributed by atoms with E-state index in [-0.39, 0.29) is 0 Å². The van der Waals surface area contributed by atoms with Crippen LogP contribution in [0.5, 0.6) is 5.75 Å². The van der Waals surface area contributed by atoms with Crippen molar-refractivity contribution in [3.63, 3.8) is 0 Å². The van der Waals surface area contributed by atoms with E-state index in [1.165, 1.54) is 62.9 Å². The van der Waals surface area contributed by atoms with Gasteiger partial charge in [-0.15, -0.1) is 0 Å². The minimum Gasteiger partial charge on any atom is -0.494 e. The fraction of sp³-hybridized carbons (Fsp3) is 0.714. The number of hydrogen-bond donors (Lipinski definition) is 0. The number of fused-ring (bicyclic) bond motifs is 1. The van der Waals surface area contributed by atoms with Crippen LogP contribution >= 0.6 is 0 Å². The van der Waals surface area contributed by atoms with Crippen molar-refractivity contribution in [1.29, 1.82) is 0 Å².